The van der Waals surface area contributed by atoms with Crippen molar-refractivity contribution in [1.82, 2.24) is 15.0 Å². The monoisotopic (exact) mass is 657 g/mol. The van der Waals surface area contributed by atoms with Gasteiger partial charge in [-0.05, 0) is 42.0 Å². The van der Waals surface area contributed by atoms with Gasteiger partial charge in [-0.25, -0.2) is 15.0 Å². The second kappa shape index (κ2) is 10.9. The van der Waals surface area contributed by atoms with E-state index in [4.69, 9.17) is 28.5 Å². The van der Waals surface area contributed by atoms with Crippen molar-refractivity contribution in [3.8, 4) is 39.9 Å². The first kappa shape index (κ1) is 28.1. The van der Waals surface area contributed by atoms with E-state index < -0.39 is 0 Å². The van der Waals surface area contributed by atoms with E-state index in [1.807, 2.05) is 91.0 Å². The molecule has 1 aliphatic carbocycles. The van der Waals surface area contributed by atoms with Crippen LogP contribution in [0.15, 0.2) is 161 Å². The highest BCUT2D eigenvalue weighted by Gasteiger charge is 2.38. The van der Waals surface area contributed by atoms with Gasteiger partial charge in [0.1, 0.15) is 34.2 Å². The minimum atomic E-state index is -0.0815. The number of hydrogen-bond donors (Lipinski definition) is 0. The number of benzene rings is 6. The fraction of sp³-hybridized carbons (Fsp3) is 0.0444. The molecule has 0 spiro atoms. The van der Waals surface area contributed by atoms with E-state index in [9.17, 15) is 0 Å². The highest BCUT2D eigenvalue weighted by atomic mass is 16.5. The number of hydrogen-bond acceptors (Lipinski definition) is 6. The zero-order chi connectivity index (χ0) is 33.5. The molecule has 6 aromatic carbocycles. The van der Waals surface area contributed by atoms with Crippen LogP contribution in [0.5, 0.6) is 5.75 Å². The van der Waals surface area contributed by atoms with Crippen LogP contribution in [0.25, 0.3) is 83.6 Å². The molecule has 0 saturated heterocycles. The summed E-state index contributed by atoms with van der Waals surface area (Å²) in [7, 11) is 0. The molecule has 9 aromatic rings. The van der Waals surface area contributed by atoms with Crippen LogP contribution in [0.1, 0.15) is 17.0 Å². The van der Waals surface area contributed by atoms with E-state index in [0.29, 0.717) is 17.5 Å². The van der Waals surface area contributed by atoms with Gasteiger partial charge in [0.2, 0.25) is 0 Å². The Hall–Kier alpha value is -6.79. The lowest BCUT2D eigenvalue weighted by atomic mass is 9.80. The smallest absolute Gasteiger partial charge is 0.167 e. The Kier molecular flexibility index (Phi) is 5.98. The van der Waals surface area contributed by atoms with Crippen molar-refractivity contribution in [1.29, 1.82) is 0 Å². The van der Waals surface area contributed by atoms with Crippen LogP contribution < -0.4 is 4.74 Å². The SMILES string of the molecule is C1=CC2Oc3ccccc3C2C(c2ccc(-c3nc(-c4ccccc4)nc(-c4cccc5c4oc4ccccc45)n3)c3c2oc2ccccc23)=C1. The van der Waals surface area contributed by atoms with Crippen LogP contribution in [0.3, 0.4) is 0 Å². The van der Waals surface area contributed by atoms with Crippen LogP contribution in [0.2, 0.25) is 0 Å². The van der Waals surface area contributed by atoms with Gasteiger partial charge in [-0.3, -0.25) is 0 Å². The van der Waals surface area contributed by atoms with Gasteiger partial charge < -0.3 is 13.6 Å². The molecule has 0 N–H and O–H groups in total. The molecule has 0 fully saturated rings. The van der Waals surface area contributed by atoms with Gasteiger partial charge in [-0.2, -0.15) is 0 Å². The number of para-hydroxylation sites is 4. The summed E-state index contributed by atoms with van der Waals surface area (Å²) in [5.74, 6) is 2.65. The Morgan fingerprint density at radius 2 is 1.16 bits per heavy atom. The molecular weight excluding hydrogens is 631 g/mol. The Morgan fingerprint density at radius 3 is 2.04 bits per heavy atom. The topological polar surface area (TPSA) is 74.2 Å². The predicted molar refractivity (Wildman–Crippen MR) is 201 cm³/mol. The molecule has 51 heavy (non-hydrogen) atoms. The molecule has 2 unspecified atom stereocenters. The van der Waals surface area contributed by atoms with Crippen LogP contribution in [0, 0.1) is 0 Å². The first-order valence-corrected chi connectivity index (χ1v) is 17.1. The maximum Gasteiger partial charge on any atom is 0.167 e. The summed E-state index contributed by atoms with van der Waals surface area (Å²) in [5, 5.41) is 4.03. The molecule has 0 bridgehead atoms. The molecule has 4 heterocycles. The van der Waals surface area contributed by atoms with Crippen LogP contribution in [0.4, 0.5) is 0 Å². The van der Waals surface area contributed by atoms with Gasteiger partial charge in [0.15, 0.2) is 17.5 Å². The second-order valence-corrected chi connectivity index (χ2v) is 13.0. The Labute approximate surface area is 292 Å². The van der Waals surface area contributed by atoms with Crippen molar-refractivity contribution in [2.45, 2.75) is 12.0 Å². The van der Waals surface area contributed by atoms with Crippen LogP contribution in [-0.4, -0.2) is 21.1 Å². The molecule has 2 aliphatic rings. The zero-order valence-corrected chi connectivity index (χ0v) is 27.2. The van der Waals surface area contributed by atoms with Crippen molar-refractivity contribution >= 4 is 49.5 Å². The summed E-state index contributed by atoms with van der Waals surface area (Å²) in [6.45, 7) is 0. The molecule has 240 valence electrons. The van der Waals surface area contributed by atoms with E-state index >= 15 is 0 Å². The van der Waals surface area contributed by atoms with E-state index in [2.05, 4.69) is 60.7 Å². The van der Waals surface area contributed by atoms with Crippen molar-refractivity contribution in [3.63, 3.8) is 0 Å². The van der Waals surface area contributed by atoms with Gasteiger partial charge in [-0.1, -0.05) is 115 Å². The van der Waals surface area contributed by atoms with E-state index in [1.54, 1.807) is 0 Å². The number of allylic oxidation sites excluding steroid dienone is 2. The Bertz CT molecular complexity index is 2920. The predicted octanol–water partition coefficient (Wildman–Crippen LogP) is 11.2. The fourth-order valence-corrected chi connectivity index (χ4v) is 7.86. The molecule has 0 radical (unpaired) electrons. The van der Waals surface area contributed by atoms with Gasteiger partial charge in [0, 0.05) is 43.8 Å². The summed E-state index contributed by atoms with van der Waals surface area (Å²) in [6, 6.07) is 45.0. The maximum atomic E-state index is 6.76. The van der Waals surface area contributed by atoms with Crippen LogP contribution >= 0.6 is 0 Å². The third kappa shape index (κ3) is 4.26. The summed E-state index contributed by atoms with van der Waals surface area (Å²) < 4.78 is 19.6. The fourth-order valence-electron chi connectivity index (χ4n) is 7.86. The third-order valence-electron chi connectivity index (χ3n) is 10.1. The average molecular weight is 658 g/mol. The summed E-state index contributed by atoms with van der Waals surface area (Å²) in [6.07, 6.45) is 6.34. The molecule has 3 aromatic heterocycles. The van der Waals surface area contributed by atoms with Gasteiger partial charge >= 0.3 is 0 Å². The molecule has 6 heteroatoms. The molecule has 6 nitrogen and oxygen atoms in total. The quantitative estimate of drug-likeness (QED) is 0.187. The zero-order valence-electron chi connectivity index (χ0n) is 27.2. The number of fused-ring (bicyclic) bond motifs is 9. The average Bonchev–Trinajstić information content (AvgIpc) is 3.89. The Balaban J connectivity index is 1.17. The lowest BCUT2D eigenvalue weighted by molar-refractivity contribution is 0.271. The molecule has 1 aliphatic heterocycles. The highest BCUT2D eigenvalue weighted by Crippen LogP contribution is 2.50. The first-order valence-electron chi connectivity index (χ1n) is 17.1. The van der Waals surface area contributed by atoms with Gasteiger partial charge in [-0.15, -0.1) is 0 Å². The number of nitrogens with zero attached hydrogens (tertiary/aromatic N) is 3. The summed E-state index contributed by atoms with van der Waals surface area (Å²) in [5.41, 5.74) is 9.09. The minimum absolute atomic E-state index is 0.0474. The third-order valence-corrected chi connectivity index (χ3v) is 10.1. The molecule has 2 atom stereocenters. The molecular formula is C45H27N3O3. The number of ether oxygens (including phenoxy) is 1. The largest absolute Gasteiger partial charge is 0.485 e. The van der Waals surface area contributed by atoms with Crippen molar-refractivity contribution in [3.05, 3.63) is 163 Å². The number of aromatic nitrogens is 3. The molecule has 0 saturated carbocycles. The van der Waals surface area contributed by atoms with Gasteiger partial charge in [0.05, 0.1) is 11.5 Å². The highest BCUT2D eigenvalue weighted by molar-refractivity contribution is 6.15. The van der Waals surface area contributed by atoms with E-state index in [0.717, 1.165) is 77.5 Å². The van der Waals surface area contributed by atoms with Crippen molar-refractivity contribution < 1.29 is 13.6 Å². The van der Waals surface area contributed by atoms with Crippen LogP contribution in [-0.2, 0) is 0 Å². The van der Waals surface area contributed by atoms with E-state index in [-0.39, 0.29) is 12.0 Å². The number of furan rings is 2. The lowest BCUT2D eigenvalue weighted by Gasteiger charge is -2.23. The van der Waals surface area contributed by atoms with Crippen molar-refractivity contribution in [2.24, 2.45) is 0 Å². The number of rotatable bonds is 4. The molecule has 0 amide bonds. The second-order valence-electron chi connectivity index (χ2n) is 13.0. The molecule has 11 rings (SSSR count). The maximum absolute atomic E-state index is 6.76. The normalized spacial score (nSPS) is 16.4. The van der Waals surface area contributed by atoms with E-state index in [1.165, 1.54) is 5.56 Å². The van der Waals surface area contributed by atoms with Crippen molar-refractivity contribution in [2.75, 3.05) is 0 Å². The Morgan fingerprint density at radius 1 is 0.490 bits per heavy atom. The lowest BCUT2D eigenvalue weighted by Crippen LogP contribution is -2.19. The van der Waals surface area contributed by atoms with Gasteiger partial charge in [0.25, 0.3) is 0 Å². The standard InChI is InChI=1S/C45H27N3O3/c1-2-12-26(13-3-1)43-46-44(48-45(47-43)34-19-10-18-29-27-14-4-7-20-35(27)50-41(29)34)33-25-24-30(42-40(33)32-16-6-9-22-37(32)51-42)28-17-11-23-38-39(28)31-15-5-8-21-36(31)49-38/h1-25,38-39H. The first-order chi connectivity index (χ1) is 25.3. The minimum Gasteiger partial charge on any atom is -0.485 e. The summed E-state index contributed by atoms with van der Waals surface area (Å²) >= 11 is 0. The summed E-state index contributed by atoms with van der Waals surface area (Å²) in [4.78, 5) is 15.4.